The Morgan fingerprint density at radius 2 is 1.96 bits per heavy atom. The van der Waals surface area contributed by atoms with Crippen molar-refractivity contribution in [3.05, 3.63) is 42.2 Å². The SMILES string of the molecule is CCN(CC(=O)O)C1CCN(C(=O)c2cc(-c3ccccc3)no2)CC1. The van der Waals surface area contributed by atoms with Gasteiger partial charge in [-0.25, -0.2) is 0 Å². The summed E-state index contributed by atoms with van der Waals surface area (Å²) >= 11 is 0. The molecule has 1 aromatic carbocycles. The minimum absolute atomic E-state index is 0.0393. The third-order valence-corrected chi connectivity index (χ3v) is 4.80. The highest BCUT2D eigenvalue weighted by Crippen LogP contribution is 2.22. The number of carbonyl (C=O) groups is 2. The molecule has 0 bridgehead atoms. The van der Waals surface area contributed by atoms with E-state index in [1.165, 1.54) is 0 Å². The molecule has 7 heteroatoms. The second-order valence-corrected chi connectivity index (χ2v) is 6.42. The Kier molecular flexibility index (Phi) is 5.68. The molecule has 2 aromatic rings. The van der Waals surface area contributed by atoms with Gasteiger partial charge in [0.15, 0.2) is 0 Å². The number of carboxylic acid groups (broad SMARTS) is 1. The average Bonchev–Trinajstić information content (AvgIpc) is 3.16. The van der Waals surface area contributed by atoms with Crippen LogP contribution in [0.2, 0.25) is 0 Å². The van der Waals surface area contributed by atoms with Crippen molar-refractivity contribution in [2.24, 2.45) is 0 Å². The smallest absolute Gasteiger partial charge is 0.317 e. The van der Waals surface area contributed by atoms with Gasteiger partial charge in [-0.05, 0) is 19.4 Å². The van der Waals surface area contributed by atoms with E-state index in [2.05, 4.69) is 5.16 Å². The molecule has 1 fully saturated rings. The number of benzene rings is 1. The summed E-state index contributed by atoms with van der Waals surface area (Å²) in [6, 6.07) is 11.4. The number of piperidine rings is 1. The van der Waals surface area contributed by atoms with E-state index < -0.39 is 5.97 Å². The Balaban J connectivity index is 1.60. The van der Waals surface area contributed by atoms with Crippen LogP contribution >= 0.6 is 0 Å². The highest BCUT2D eigenvalue weighted by Gasteiger charge is 2.29. The summed E-state index contributed by atoms with van der Waals surface area (Å²) in [5.41, 5.74) is 1.55. The van der Waals surface area contributed by atoms with Crippen LogP contribution in [0.3, 0.4) is 0 Å². The lowest BCUT2D eigenvalue weighted by atomic mass is 10.0. The lowest BCUT2D eigenvalue weighted by molar-refractivity contribution is -0.139. The summed E-state index contributed by atoms with van der Waals surface area (Å²) in [6.45, 7) is 3.85. The molecule has 1 saturated heterocycles. The van der Waals surface area contributed by atoms with Gasteiger partial charge in [0.1, 0.15) is 5.69 Å². The molecule has 0 saturated carbocycles. The van der Waals surface area contributed by atoms with E-state index in [-0.39, 0.29) is 24.3 Å². The molecule has 1 aromatic heterocycles. The maximum absolute atomic E-state index is 12.7. The Morgan fingerprint density at radius 1 is 1.27 bits per heavy atom. The molecule has 7 nitrogen and oxygen atoms in total. The molecule has 0 atom stereocenters. The number of nitrogens with zero attached hydrogens (tertiary/aromatic N) is 3. The molecule has 138 valence electrons. The minimum Gasteiger partial charge on any atom is -0.480 e. The van der Waals surface area contributed by atoms with Crippen molar-refractivity contribution in [1.82, 2.24) is 15.0 Å². The number of rotatable bonds is 6. The predicted molar refractivity (Wildman–Crippen MR) is 95.7 cm³/mol. The maximum Gasteiger partial charge on any atom is 0.317 e. The normalized spacial score (nSPS) is 15.4. The summed E-state index contributed by atoms with van der Waals surface area (Å²) in [5.74, 6) is -0.750. The number of likely N-dealkylation sites (tertiary alicyclic amines) is 1. The molecule has 0 radical (unpaired) electrons. The monoisotopic (exact) mass is 357 g/mol. The summed E-state index contributed by atoms with van der Waals surface area (Å²) in [5, 5.41) is 13.0. The van der Waals surface area contributed by atoms with Crippen LogP contribution in [0.15, 0.2) is 40.9 Å². The van der Waals surface area contributed by atoms with Crippen LogP contribution in [-0.2, 0) is 4.79 Å². The Morgan fingerprint density at radius 3 is 2.58 bits per heavy atom. The molecule has 1 aliphatic rings. The number of aromatic nitrogens is 1. The first kappa shape index (κ1) is 18.1. The first-order chi connectivity index (χ1) is 12.6. The third-order valence-electron chi connectivity index (χ3n) is 4.80. The summed E-state index contributed by atoms with van der Waals surface area (Å²) in [6.07, 6.45) is 1.51. The largest absolute Gasteiger partial charge is 0.480 e. The first-order valence-corrected chi connectivity index (χ1v) is 8.85. The van der Waals surface area contributed by atoms with Gasteiger partial charge in [0.2, 0.25) is 5.76 Å². The minimum atomic E-state index is -0.819. The fourth-order valence-electron chi connectivity index (χ4n) is 3.38. The number of hydrogen-bond acceptors (Lipinski definition) is 5. The maximum atomic E-state index is 12.7. The van der Waals surface area contributed by atoms with Gasteiger partial charge in [0.25, 0.3) is 5.91 Å². The van der Waals surface area contributed by atoms with E-state index in [0.717, 1.165) is 18.4 Å². The van der Waals surface area contributed by atoms with Crippen LogP contribution in [0.4, 0.5) is 0 Å². The Labute approximate surface area is 152 Å². The van der Waals surface area contributed by atoms with Crippen molar-refractivity contribution in [2.45, 2.75) is 25.8 Å². The van der Waals surface area contributed by atoms with Gasteiger partial charge in [-0.2, -0.15) is 0 Å². The van der Waals surface area contributed by atoms with Crippen LogP contribution in [-0.4, -0.2) is 64.2 Å². The molecule has 3 rings (SSSR count). The van der Waals surface area contributed by atoms with E-state index in [4.69, 9.17) is 9.63 Å². The van der Waals surface area contributed by atoms with Crippen LogP contribution in [0.25, 0.3) is 11.3 Å². The molecule has 1 amide bonds. The molecular weight excluding hydrogens is 334 g/mol. The second kappa shape index (κ2) is 8.14. The van der Waals surface area contributed by atoms with Crippen molar-refractivity contribution >= 4 is 11.9 Å². The van der Waals surface area contributed by atoms with Crippen LogP contribution < -0.4 is 0 Å². The standard InChI is InChI=1S/C19H23N3O4/c1-2-21(13-18(23)24)15-8-10-22(11-9-15)19(25)17-12-16(20-26-17)14-6-4-3-5-7-14/h3-7,12,15H,2,8-11,13H2,1H3,(H,23,24). The number of carbonyl (C=O) groups excluding carboxylic acids is 1. The van der Waals surface area contributed by atoms with Gasteiger partial charge in [-0.1, -0.05) is 42.4 Å². The van der Waals surface area contributed by atoms with E-state index >= 15 is 0 Å². The topological polar surface area (TPSA) is 86.9 Å². The van der Waals surface area contributed by atoms with Gasteiger partial charge in [-0.15, -0.1) is 0 Å². The number of carboxylic acids is 1. The van der Waals surface area contributed by atoms with E-state index in [9.17, 15) is 9.59 Å². The van der Waals surface area contributed by atoms with E-state index in [1.54, 1.807) is 11.0 Å². The summed E-state index contributed by atoms with van der Waals surface area (Å²) in [4.78, 5) is 27.3. The van der Waals surface area contributed by atoms with Gasteiger partial charge in [-0.3, -0.25) is 14.5 Å². The molecule has 2 heterocycles. The fourth-order valence-corrected chi connectivity index (χ4v) is 3.38. The van der Waals surface area contributed by atoms with Crippen molar-refractivity contribution in [3.63, 3.8) is 0 Å². The quantitative estimate of drug-likeness (QED) is 0.854. The van der Waals surface area contributed by atoms with E-state index in [1.807, 2.05) is 42.2 Å². The lowest BCUT2D eigenvalue weighted by Crippen LogP contribution is -2.48. The molecule has 26 heavy (non-hydrogen) atoms. The van der Waals surface area contributed by atoms with Gasteiger partial charge in [0, 0.05) is 30.8 Å². The highest BCUT2D eigenvalue weighted by atomic mass is 16.5. The van der Waals surface area contributed by atoms with E-state index in [0.29, 0.717) is 25.3 Å². The van der Waals surface area contributed by atoms with Crippen LogP contribution in [0.5, 0.6) is 0 Å². The zero-order valence-corrected chi connectivity index (χ0v) is 14.8. The average molecular weight is 357 g/mol. The molecule has 1 N–H and O–H groups in total. The van der Waals surface area contributed by atoms with Gasteiger partial charge >= 0.3 is 5.97 Å². The zero-order valence-electron chi connectivity index (χ0n) is 14.8. The van der Waals surface area contributed by atoms with Gasteiger partial charge < -0.3 is 14.5 Å². The Bertz CT molecular complexity index is 751. The number of amides is 1. The summed E-state index contributed by atoms with van der Waals surface area (Å²) < 4.78 is 5.25. The van der Waals surface area contributed by atoms with Crippen molar-refractivity contribution < 1.29 is 19.2 Å². The fraction of sp³-hybridized carbons (Fsp3) is 0.421. The molecule has 0 aliphatic carbocycles. The molecule has 0 unspecified atom stereocenters. The Hall–Kier alpha value is -2.67. The first-order valence-electron chi connectivity index (χ1n) is 8.85. The predicted octanol–water partition coefficient (Wildman–Crippen LogP) is 2.35. The molecular formula is C19H23N3O4. The molecule has 1 aliphatic heterocycles. The van der Waals surface area contributed by atoms with Crippen molar-refractivity contribution in [3.8, 4) is 11.3 Å². The lowest BCUT2D eigenvalue weighted by Gasteiger charge is -2.37. The summed E-state index contributed by atoms with van der Waals surface area (Å²) in [7, 11) is 0. The zero-order chi connectivity index (χ0) is 18.5. The molecule has 0 spiro atoms. The van der Waals surface area contributed by atoms with Crippen molar-refractivity contribution in [2.75, 3.05) is 26.2 Å². The highest BCUT2D eigenvalue weighted by molar-refractivity contribution is 5.92. The van der Waals surface area contributed by atoms with Gasteiger partial charge in [0.05, 0.1) is 6.54 Å². The third kappa shape index (κ3) is 4.11. The van der Waals surface area contributed by atoms with Crippen molar-refractivity contribution in [1.29, 1.82) is 0 Å². The number of aliphatic carboxylic acids is 1. The number of hydrogen-bond donors (Lipinski definition) is 1. The number of likely N-dealkylation sites (N-methyl/N-ethyl adjacent to an activating group) is 1. The van der Waals surface area contributed by atoms with Crippen LogP contribution in [0, 0.1) is 0 Å². The second-order valence-electron chi connectivity index (χ2n) is 6.42. The van der Waals surface area contributed by atoms with Crippen LogP contribution in [0.1, 0.15) is 30.3 Å².